The van der Waals surface area contributed by atoms with Crippen molar-refractivity contribution in [3.8, 4) is 0 Å². The molecule has 1 amide bonds. The molecule has 0 aromatic carbocycles. The lowest BCUT2D eigenvalue weighted by molar-refractivity contribution is -0.130. The van der Waals surface area contributed by atoms with Gasteiger partial charge in [-0.1, -0.05) is 0 Å². The molecule has 2 aliphatic heterocycles. The van der Waals surface area contributed by atoms with Gasteiger partial charge in [0.05, 0.1) is 6.54 Å². The lowest BCUT2D eigenvalue weighted by atomic mass is 10.0. The smallest absolute Gasteiger partial charge is 0.219 e. The maximum absolute atomic E-state index is 11.8. The third-order valence-corrected chi connectivity index (χ3v) is 4.74. The van der Waals surface area contributed by atoms with Gasteiger partial charge in [0.2, 0.25) is 5.91 Å². The molecule has 0 radical (unpaired) electrons. The van der Waals surface area contributed by atoms with Gasteiger partial charge in [-0.2, -0.15) is 5.10 Å². The van der Waals surface area contributed by atoms with Crippen molar-refractivity contribution >= 4 is 5.91 Å². The van der Waals surface area contributed by atoms with Crippen LogP contribution in [0.15, 0.2) is 18.5 Å². The second-order valence-electron chi connectivity index (χ2n) is 5.94. The van der Waals surface area contributed by atoms with Crippen molar-refractivity contribution in [3.05, 3.63) is 18.5 Å². The topological polar surface area (TPSA) is 41.4 Å². The summed E-state index contributed by atoms with van der Waals surface area (Å²) in [5, 5.41) is 4.27. The zero-order chi connectivity index (χ0) is 13.9. The number of hydrogen-bond donors (Lipinski definition) is 0. The zero-order valence-electron chi connectivity index (χ0n) is 12.2. The summed E-state index contributed by atoms with van der Waals surface area (Å²) in [5.74, 6) is 0.242. The summed E-state index contributed by atoms with van der Waals surface area (Å²) in [6, 6.07) is 2.96. The molecular weight excluding hydrogens is 252 g/mol. The maximum atomic E-state index is 11.8. The molecule has 1 aromatic rings. The normalized spacial score (nSPS) is 27.4. The van der Waals surface area contributed by atoms with Gasteiger partial charge in [0.15, 0.2) is 0 Å². The Morgan fingerprint density at radius 1 is 1.20 bits per heavy atom. The quantitative estimate of drug-likeness (QED) is 0.834. The number of carbonyl (C=O) groups excluding carboxylic acids is 1. The van der Waals surface area contributed by atoms with Gasteiger partial charge in [-0.05, 0) is 38.3 Å². The molecule has 2 aliphatic rings. The SMILES string of the molecule is CC(=O)N1CCC[C@@H]1[C@@H]1CCCN1CCn1cccn1. The molecule has 5 heteroatoms. The van der Waals surface area contributed by atoms with Gasteiger partial charge in [-0.3, -0.25) is 14.4 Å². The van der Waals surface area contributed by atoms with Crippen LogP contribution in [-0.4, -0.2) is 57.2 Å². The van der Waals surface area contributed by atoms with Crippen molar-refractivity contribution in [1.82, 2.24) is 19.6 Å². The van der Waals surface area contributed by atoms with E-state index in [0.717, 1.165) is 32.6 Å². The van der Waals surface area contributed by atoms with E-state index in [-0.39, 0.29) is 5.91 Å². The maximum Gasteiger partial charge on any atom is 0.219 e. The Bertz CT molecular complexity index is 445. The van der Waals surface area contributed by atoms with Crippen LogP contribution in [-0.2, 0) is 11.3 Å². The predicted molar refractivity (Wildman–Crippen MR) is 77.2 cm³/mol. The number of rotatable bonds is 4. The fourth-order valence-corrected chi connectivity index (χ4v) is 3.81. The van der Waals surface area contributed by atoms with Crippen molar-refractivity contribution < 1.29 is 4.79 Å². The zero-order valence-corrected chi connectivity index (χ0v) is 12.2. The molecule has 0 aliphatic carbocycles. The summed E-state index contributed by atoms with van der Waals surface area (Å²) >= 11 is 0. The largest absolute Gasteiger partial charge is 0.338 e. The Balaban J connectivity index is 1.61. The van der Waals surface area contributed by atoms with Crippen LogP contribution < -0.4 is 0 Å². The molecule has 110 valence electrons. The van der Waals surface area contributed by atoms with Crippen LogP contribution in [0.4, 0.5) is 0 Å². The van der Waals surface area contributed by atoms with Crippen molar-refractivity contribution in [2.45, 2.75) is 51.2 Å². The van der Waals surface area contributed by atoms with Crippen LogP contribution in [0.3, 0.4) is 0 Å². The van der Waals surface area contributed by atoms with Crippen molar-refractivity contribution in [3.63, 3.8) is 0 Å². The summed E-state index contributed by atoms with van der Waals surface area (Å²) in [4.78, 5) is 16.4. The average Bonchev–Trinajstić information content (AvgIpc) is 3.16. The van der Waals surface area contributed by atoms with Gasteiger partial charge in [0.25, 0.3) is 0 Å². The Kier molecular flexibility index (Phi) is 4.05. The minimum atomic E-state index is 0.242. The Labute approximate surface area is 120 Å². The number of amides is 1. The molecule has 3 rings (SSSR count). The van der Waals surface area contributed by atoms with E-state index in [0.29, 0.717) is 12.1 Å². The van der Waals surface area contributed by atoms with Crippen LogP contribution in [0.2, 0.25) is 0 Å². The van der Waals surface area contributed by atoms with E-state index in [1.54, 1.807) is 6.92 Å². The van der Waals surface area contributed by atoms with E-state index in [4.69, 9.17) is 0 Å². The van der Waals surface area contributed by atoms with Crippen LogP contribution in [0.25, 0.3) is 0 Å². The van der Waals surface area contributed by atoms with E-state index in [9.17, 15) is 4.79 Å². The summed E-state index contributed by atoms with van der Waals surface area (Å²) < 4.78 is 1.99. The van der Waals surface area contributed by atoms with E-state index in [1.807, 2.05) is 23.1 Å². The lowest BCUT2D eigenvalue weighted by Gasteiger charge is -2.34. The standard InChI is InChI=1S/C15H24N4O/c1-13(20)19-10-3-6-15(19)14-5-2-8-17(14)11-12-18-9-4-7-16-18/h4,7,9,14-15H,2-3,5-6,8,10-12H2,1H3/t14-,15+/m0/s1. The first-order valence-corrected chi connectivity index (χ1v) is 7.74. The summed E-state index contributed by atoms with van der Waals surface area (Å²) in [5.41, 5.74) is 0. The highest BCUT2D eigenvalue weighted by atomic mass is 16.2. The highest BCUT2D eigenvalue weighted by Crippen LogP contribution is 2.29. The second kappa shape index (κ2) is 5.95. The van der Waals surface area contributed by atoms with Crippen molar-refractivity contribution in [2.24, 2.45) is 0 Å². The number of carbonyl (C=O) groups is 1. The third kappa shape index (κ3) is 2.73. The molecule has 20 heavy (non-hydrogen) atoms. The summed E-state index contributed by atoms with van der Waals surface area (Å²) in [6.45, 7) is 5.80. The van der Waals surface area contributed by atoms with Crippen LogP contribution in [0.1, 0.15) is 32.6 Å². The van der Waals surface area contributed by atoms with Gasteiger partial charge in [0, 0.05) is 44.5 Å². The van der Waals surface area contributed by atoms with Crippen LogP contribution in [0, 0.1) is 0 Å². The van der Waals surface area contributed by atoms with E-state index in [2.05, 4.69) is 14.9 Å². The van der Waals surface area contributed by atoms with Crippen molar-refractivity contribution in [1.29, 1.82) is 0 Å². The van der Waals surface area contributed by atoms with Gasteiger partial charge < -0.3 is 4.90 Å². The molecule has 0 unspecified atom stereocenters. The fourth-order valence-electron chi connectivity index (χ4n) is 3.81. The molecule has 5 nitrogen and oxygen atoms in total. The van der Waals surface area contributed by atoms with E-state index in [1.165, 1.54) is 19.3 Å². The van der Waals surface area contributed by atoms with Crippen LogP contribution >= 0.6 is 0 Å². The summed E-state index contributed by atoms with van der Waals surface area (Å²) in [7, 11) is 0. The second-order valence-corrected chi connectivity index (χ2v) is 5.94. The molecular formula is C15H24N4O. The van der Waals surface area contributed by atoms with Crippen molar-refractivity contribution in [2.75, 3.05) is 19.6 Å². The highest BCUT2D eigenvalue weighted by Gasteiger charge is 2.38. The molecule has 0 bridgehead atoms. The minimum absolute atomic E-state index is 0.242. The highest BCUT2D eigenvalue weighted by molar-refractivity contribution is 5.74. The van der Waals surface area contributed by atoms with Gasteiger partial charge in [-0.25, -0.2) is 0 Å². The van der Waals surface area contributed by atoms with Crippen LogP contribution in [0.5, 0.6) is 0 Å². The molecule has 2 saturated heterocycles. The van der Waals surface area contributed by atoms with Gasteiger partial charge >= 0.3 is 0 Å². The third-order valence-electron chi connectivity index (χ3n) is 4.74. The number of aromatic nitrogens is 2. The first-order valence-electron chi connectivity index (χ1n) is 7.74. The monoisotopic (exact) mass is 276 g/mol. The van der Waals surface area contributed by atoms with E-state index >= 15 is 0 Å². The molecule has 0 N–H and O–H groups in total. The molecule has 3 heterocycles. The number of likely N-dealkylation sites (tertiary alicyclic amines) is 2. The summed E-state index contributed by atoms with van der Waals surface area (Å²) in [6.07, 6.45) is 8.66. The molecule has 0 saturated carbocycles. The Morgan fingerprint density at radius 2 is 2.00 bits per heavy atom. The fraction of sp³-hybridized carbons (Fsp3) is 0.733. The van der Waals surface area contributed by atoms with Gasteiger partial charge in [-0.15, -0.1) is 0 Å². The molecule has 2 atom stereocenters. The first-order chi connectivity index (χ1) is 9.75. The lowest BCUT2D eigenvalue weighted by Crippen LogP contribution is -2.48. The molecule has 1 aromatic heterocycles. The van der Waals surface area contributed by atoms with Gasteiger partial charge in [0.1, 0.15) is 0 Å². The predicted octanol–water partition coefficient (Wildman–Crippen LogP) is 1.36. The average molecular weight is 276 g/mol. The number of hydrogen-bond acceptors (Lipinski definition) is 3. The molecule has 0 spiro atoms. The Morgan fingerprint density at radius 3 is 2.75 bits per heavy atom. The molecule has 2 fully saturated rings. The number of nitrogens with zero attached hydrogens (tertiary/aromatic N) is 4. The van der Waals surface area contributed by atoms with E-state index < -0.39 is 0 Å². The minimum Gasteiger partial charge on any atom is -0.338 e. The first kappa shape index (κ1) is 13.6. The Hall–Kier alpha value is -1.36.